The molecular formula is C20H25NO6S2. The quantitative estimate of drug-likeness (QED) is 0.308. The molecule has 29 heavy (non-hydrogen) atoms. The number of benzene rings is 1. The highest BCUT2D eigenvalue weighted by atomic mass is 32.2. The number of esters is 1. The zero-order chi connectivity index (χ0) is 22.1. The van der Waals surface area contributed by atoms with E-state index in [-0.39, 0.29) is 47.2 Å². The van der Waals surface area contributed by atoms with Gasteiger partial charge in [0.2, 0.25) is 11.0 Å². The molecule has 2 unspecified atom stereocenters. The third-order valence-electron chi connectivity index (χ3n) is 4.01. The Morgan fingerprint density at radius 2 is 1.66 bits per heavy atom. The zero-order valence-corrected chi connectivity index (χ0v) is 18.3. The van der Waals surface area contributed by atoms with E-state index in [9.17, 15) is 24.0 Å². The lowest BCUT2D eigenvalue weighted by molar-refractivity contribution is -0.140. The van der Waals surface area contributed by atoms with Crippen LogP contribution in [0.2, 0.25) is 0 Å². The summed E-state index contributed by atoms with van der Waals surface area (Å²) in [5.74, 6) is -2.90. The molecule has 0 aliphatic heterocycles. The molecule has 1 aromatic rings. The summed E-state index contributed by atoms with van der Waals surface area (Å²) in [6.07, 6.45) is -0.0441. The number of carbonyl (C=O) groups excluding carboxylic acids is 5. The number of ketones is 2. The highest BCUT2D eigenvalue weighted by Gasteiger charge is 2.25. The molecular weight excluding hydrogens is 414 g/mol. The van der Waals surface area contributed by atoms with Crippen LogP contribution in [0.1, 0.15) is 42.6 Å². The maximum Gasteiger partial charge on any atom is 0.315 e. The second-order valence-electron chi connectivity index (χ2n) is 6.81. The van der Waals surface area contributed by atoms with Crippen LogP contribution >= 0.6 is 24.4 Å². The van der Waals surface area contributed by atoms with Crippen LogP contribution in [-0.2, 0) is 19.2 Å². The Balaban J connectivity index is 2.98. The molecule has 0 fully saturated rings. The predicted octanol–water partition coefficient (Wildman–Crippen LogP) is 2.38. The number of ether oxygens (including phenoxy) is 1. The minimum absolute atomic E-state index is 0.00246. The van der Waals surface area contributed by atoms with Gasteiger partial charge in [-0.05, 0) is 38.5 Å². The highest BCUT2D eigenvalue weighted by molar-refractivity contribution is 8.14. The molecule has 0 heterocycles. The number of carbonyl (C=O) groups is 5. The Morgan fingerprint density at radius 1 is 1.07 bits per heavy atom. The summed E-state index contributed by atoms with van der Waals surface area (Å²) in [7, 11) is 0. The Bertz CT molecular complexity index is 808. The van der Waals surface area contributed by atoms with Gasteiger partial charge in [-0.3, -0.25) is 14.4 Å². The summed E-state index contributed by atoms with van der Waals surface area (Å²) in [5, 5.41) is -0.420. The van der Waals surface area contributed by atoms with Crippen LogP contribution in [-0.4, -0.2) is 40.1 Å². The maximum absolute atomic E-state index is 12.7. The van der Waals surface area contributed by atoms with Crippen molar-refractivity contribution >= 4 is 52.9 Å². The van der Waals surface area contributed by atoms with E-state index in [0.717, 1.165) is 17.3 Å². The van der Waals surface area contributed by atoms with Crippen LogP contribution in [0.3, 0.4) is 0 Å². The van der Waals surface area contributed by atoms with E-state index in [2.05, 4.69) is 12.6 Å². The summed E-state index contributed by atoms with van der Waals surface area (Å²) in [4.78, 5) is 59.1. The van der Waals surface area contributed by atoms with Gasteiger partial charge in [0.05, 0.1) is 17.4 Å². The van der Waals surface area contributed by atoms with Gasteiger partial charge in [-0.15, -0.1) is 0 Å². The van der Waals surface area contributed by atoms with E-state index in [1.807, 2.05) is 0 Å². The van der Waals surface area contributed by atoms with E-state index >= 15 is 0 Å². The molecule has 0 saturated heterocycles. The second-order valence-corrected chi connectivity index (χ2v) is 8.17. The lowest BCUT2D eigenvalue weighted by Crippen LogP contribution is -2.27. The van der Waals surface area contributed by atoms with Crippen molar-refractivity contribution in [3.63, 3.8) is 0 Å². The molecule has 0 aromatic heterocycles. The van der Waals surface area contributed by atoms with Crippen molar-refractivity contribution in [1.29, 1.82) is 0 Å². The first-order valence-corrected chi connectivity index (χ1v) is 10.6. The van der Waals surface area contributed by atoms with E-state index in [4.69, 9.17) is 10.5 Å². The number of amides is 1. The molecule has 0 bridgehead atoms. The number of nitrogens with two attached hydrogens (primary N) is 1. The van der Waals surface area contributed by atoms with Gasteiger partial charge < -0.3 is 20.1 Å². The monoisotopic (exact) mass is 439 g/mol. The molecule has 0 aliphatic carbocycles. The second kappa shape index (κ2) is 11.8. The topological polar surface area (TPSA) is 121 Å². The molecule has 0 saturated carbocycles. The molecule has 9 heteroatoms. The lowest BCUT2D eigenvalue weighted by atomic mass is 10.1. The van der Waals surface area contributed by atoms with Gasteiger partial charge in [0.1, 0.15) is 17.3 Å². The Kier molecular flexibility index (Phi) is 10.1. The number of thiol groups is 1. The SMILES string of the molecule is CC(=O)CC(CSC(=O)c1ccc(C)cc1OC(=O)C(CS)CC(C)=O)C(N)=O. The molecule has 0 aliphatic rings. The zero-order valence-electron chi connectivity index (χ0n) is 16.6. The Labute approximate surface area is 179 Å². The molecule has 2 atom stereocenters. The van der Waals surface area contributed by atoms with Gasteiger partial charge >= 0.3 is 5.97 Å². The minimum atomic E-state index is -0.762. The lowest BCUT2D eigenvalue weighted by Gasteiger charge is -2.15. The fourth-order valence-electron chi connectivity index (χ4n) is 2.49. The molecule has 1 amide bonds. The van der Waals surface area contributed by atoms with Crippen molar-refractivity contribution in [2.75, 3.05) is 11.5 Å². The fourth-order valence-corrected chi connectivity index (χ4v) is 3.72. The van der Waals surface area contributed by atoms with Crippen molar-refractivity contribution in [3.8, 4) is 5.75 Å². The van der Waals surface area contributed by atoms with Crippen LogP contribution in [0.5, 0.6) is 5.75 Å². The van der Waals surface area contributed by atoms with Crippen LogP contribution < -0.4 is 10.5 Å². The Hall–Kier alpha value is -2.13. The highest BCUT2D eigenvalue weighted by Crippen LogP contribution is 2.27. The van der Waals surface area contributed by atoms with Crippen LogP contribution in [0.15, 0.2) is 18.2 Å². The van der Waals surface area contributed by atoms with E-state index in [1.54, 1.807) is 19.1 Å². The van der Waals surface area contributed by atoms with E-state index in [0.29, 0.717) is 0 Å². The number of rotatable bonds is 11. The van der Waals surface area contributed by atoms with Crippen LogP contribution in [0.25, 0.3) is 0 Å². The number of thioether (sulfide) groups is 1. The summed E-state index contributed by atoms with van der Waals surface area (Å²) in [6, 6.07) is 4.77. The first kappa shape index (κ1) is 24.9. The van der Waals surface area contributed by atoms with Crippen molar-refractivity contribution in [1.82, 2.24) is 0 Å². The fraction of sp³-hybridized carbons (Fsp3) is 0.450. The number of aryl methyl sites for hydroxylation is 1. The average molecular weight is 440 g/mol. The predicted molar refractivity (Wildman–Crippen MR) is 114 cm³/mol. The molecule has 1 aromatic carbocycles. The van der Waals surface area contributed by atoms with Gasteiger partial charge in [0.25, 0.3) is 0 Å². The average Bonchev–Trinajstić information content (AvgIpc) is 2.62. The standard InChI is InChI=1S/C20H25NO6S2/c1-11-4-5-16(20(26)29-10-15(18(21)24)8-13(3)23)17(6-11)27-19(25)14(9-28)7-12(2)22/h4-6,14-15,28H,7-10H2,1-3H3,(H2,21,24). The third-order valence-corrected chi connectivity index (χ3v) is 5.50. The molecule has 2 N–H and O–H groups in total. The summed E-state index contributed by atoms with van der Waals surface area (Å²) < 4.78 is 5.40. The minimum Gasteiger partial charge on any atom is -0.425 e. The number of primary amides is 1. The van der Waals surface area contributed by atoms with Crippen molar-refractivity contribution in [3.05, 3.63) is 29.3 Å². The van der Waals surface area contributed by atoms with E-state index < -0.39 is 28.8 Å². The smallest absolute Gasteiger partial charge is 0.315 e. The van der Waals surface area contributed by atoms with E-state index in [1.165, 1.54) is 19.9 Å². The van der Waals surface area contributed by atoms with Gasteiger partial charge in [-0.1, -0.05) is 17.8 Å². The third kappa shape index (κ3) is 8.41. The summed E-state index contributed by atoms with van der Waals surface area (Å²) in [6.45, 7) is 4.50. The number of hydrogen-bond donors (Lipinski definition) is 2. The number of hydrogen-bond acceptors (Lipinski definition) is 8. The molecule has 0 radical (unpaired) electrons. The van der Waals surface area contributed by atoms with Gasteiger partial charge in [0, 0.05) is 24.3 Å². The number of Topliss-reactive ketones (excluding diaryl/α,β-unsaturated/α-hetero) is 2. The van der Waals surface area contributed by atoms with Gasteiger partial charge in [0.15, 0.2) is 0 Å². The van der Waals surface area contributed by atoms with Crippen LogP contribution in [0, 0.1) is 18.8 Å². The molecule has 158 valence electrons. The van der Waals surface area contributed by atoms with Gasteiger partial charge in [-0.2, -0.15) is 12.6 Å². The van der Waals surface area contributed by atoms with Crippen molar-refractivity contribution < 1.29 is 28.7 Å². The summed E-state index contributed by atoms with van der Waals surface area (Å²) >= 11 is 4.92. The van der Waals surface area contributed by atoms with Crippen LogP contribution in [0.4, 0.5) is 0 Å². The first-order valence-electron chi connectivity index (χ1n) is 8.93. The maximum atomic E-state index is 12.7. The first-order chi connectivity index (χ1) is 13.5. The summed E-state index contributed by atoms with van der Waals surface area (Å²) in [5.41, 5.74) is 6.22. The molecule has 0 spiro atoms. The van der Waals surface area contributed by atoms with Crippen molar-refractivity contribution in [2.45, 2.75) is 33.6 Å². The Morgan fingerprint density at radius 3 is 2.17 bits per heavy atom. The van der Waals surface area contributed by atoms with Gasteiger partial charge in [-0.25, -0.2) is 0 Å². The largest absolute Gasteiger partial charge is 0.425 e. The molecule has 1 rings (SSSR count). The van der Waals surface area contributed by atoms with Crippen molar-refractivity contribution in [2.24, 2.45) is 17.6 Å². The normalized spacial score (nSPS) is 12.7. The molecule has 7 nitrogen and oxygen atoms in total.